The fourth-order valence-electron chi connectivity index (χ4n) is 4.67. The van der Waals surface area contributed by atoms with Gasteiger partial charge in [-0.05, 0) is 65.7 Å². The molecule has 5 amide bonds. The lowest BCUT2D eigenvalue weighted by molar-refractivity contribution is -0.139. The summed E-state index contributed by atoms with van der Waals surface area (Å²) >= 11 is 1.89. The zero-order chi connectivity index (χ0) is 29.5. The van der Waals surface area contributed by atoms with Crippen LogP contribution in [0.25, 0.3) is 0 Å². The first-order valence-electron chi connectivity index (χ1n) is 14.4. The number of carbonyl (C=O) groups is 5. The average molecular weight is 586 g/mol. The summed E-state index contributed by atoms with van der Waals surface area (Å²) in [6, 6.07) is -0.669. The molecule has 2 saturated heterocycles. The number of hydrogen-bond acceptors (Lipinski definition) is 7. The SMILES string of the molecule is CC(C)(C)OC(=O)N[C@@H](CCCCNC(=O)CCCCCNC(=O)CCCC[C@@H]1SC[C@@H]2NC(=O)N[C@H]21)C(=O)O. The van der Waals surface area contributed by atoms with Gasteiger partial charge in [0.1, 0.15) is 11.6 Å². The van der Waals surface area contributed by atoms with E-state index in [0.29, 0.717) is 44.0 Å². The molecule has 0 aromatic carbocycles. The molecule has 0 spiro atoms. The van der Waals surface area contributed by atoms with Crippen molar-refractivity contribution in [1.29, 1.82) is 0 Å². The molecule has 0 aromatic rings. The van der Waals surface area contributed by atoms with Gasteiger partial charge < -0.3 is 36.4 Å². The maximum absolute atomic E-state index is 12.1. The molecule has 2 aliphatic heterocycles. The molecular weight excluding hydrogens is 538 g/mol. The van der Waals surface area contributed by atoms with Gasteiger partial charge in [-0.25, -0.2) is 14.4 Å². The Labute approximate surface area is 241 Å². The van der Waals surface area contributed by atoms with Crippen molar-refractivity contribution in [3.63, 3.8) is 0 Å². The van der Waals surface area contributed by atoms with Gasteiger partial charge in [0.05, 0.1) is 12.1 Å². The number of carboxylic acids is 1. The Morgan fingerprint density at radius 1 is 0.950 bits per heavy atom. The van der Waals surface area contributed by atoms with Crippen LogP contribution in [0.2, 0.25) is 0 Å². The lowest BCUT2D eigenvalue weighted by Gasteiger charge is -2.22. The van der Waals surface area contributed by atoms with Gasteiger partial charge in [0.15, 0.2) is 0 Å². The van der Waals surface area contributed by atoms with Crippen LogP contribution in [-0.4, -0.2) is 82.8 Å². The molecule has 2 aliphatic rings. The van der Waals surface area contributed by atoms with Crippen molar-refractivity contribution >= 4 is 41.7 Å². The topological polar surface area (TPSA) is 175 Å². The monoisotopic (exact) mass is 585 g/mol. The number of urea groups is 1. The number of aliphatic carboxylic acids is 1. The van der Waals surface area contributed by atoms with Crippen LogP contribution in [0.15, 0.2) is 0 Å². The molecule has 0 aromatic heterocycles. The van der Waals surface area contributed by atoms with Gasteiger partial charge >= 0.3 is 18.1 Å². The van der Waals surface area contributed by atoms with Crippen molar-refractivity contribution < 1.29 is 33.8 Å². The number of unbranched alkanes of at least 4 members (excludes halogenated alkanes) is 4. The predicted octanol–water partition coefficient (Wildman–Crippen LogP) is 2.65. The molecule has 12 nitrogen and oxygen atoms in total. The maximum Gasteiger partial charge on any atom is 0.408 e. The number of ether oxygens (including phenoxy) is 1. The summed E-state index contributed by atoms with van der Waals surface area (Å²) in [4.78, 5) is 58.7. The first kappa shape index (κ1) is 33.5. The van der Waals surface area contributed by atoms with E-state index in [0.717, 1.165) is 44.3 Å². The van der Waals surface area contributed by atoms with E-state index in [1.807, 2.05) is 11.8 Å². The third kappa shape index (κ3) is 13.6. The Morgan fingerprint density at radius 2 is 1.57 bits per heavy atom. The molecule has 2 heterocycles. The summed E-state index contributed by atoms with van der Waals surface area (Å²) in [5.74, 6) is -0.175. The predicted molar refractivity (Wildman–Crippen MR) is 153 cm³/mol. The number of thioether (sulfide) groups is 1. The third-order valence-corrected chi connectivity index (χ3v) is 8.22. The van der Waals surface area contributed by atoms with Crippen LogP contribution in [0.4, 0.5) is 9.59 Å². The Kier molecular flexibility index (Phi) is 14.4. The van der Waals surface area contributed by atoms with E-state index in [2.05, 4.69) is 26.6 Å². The Balaban J connectivity index is 1.40. The second kappa shape index (κ2) is 17.2. The first-order chi connectivity index (χ1) is 18.9. The van der Waals surface area contributed by atoms with E-state index < -0.39 is 23.7 Å². The van der Waals surface area contributed by atoms with Crippen molar-refractivity contribution in [3.8, 4) is 0 Å². The van der Waals surface area contributed by atoms with Crippen LogP contribution in [0.1, 0.15) is 91.4 Å². The molecule has 0 bridgehead atoms. The van der Waals surface area contributed by atoms with E-state index in [4.69, 9.17) is 4.74 Å². The molecule has 0 aliphatic carbocycles. The van der Waals surface area contributed by atoms with Crippen molar-refractivity contribution in [3.05, 3.63) is 0 Å². The Morgan fingerprint density at radius 3 is 2.20 bits per heavy atom. The summed E-state index contributed by atoms with van der Waals surface area (Å²) in [6.45, 7) is 6.16. The summed E-state index contributed by atoms with van der Waals surface area (Å²) in [5.41, 5.74) is -0.708. The standard InChI is InChI=1S/C27H47N5O7S/c1-27(2,3)39-26(38)31-18(24(35)36)11-8-10-16-29-21(33)13-5-4-9-15-28-22(34)14-7-6-12-20-23-19(17-40-20)30-25(37)32-23/h18-20,23H,4-17H2,1-3H3,(H,28,34)(H,29,33)(H,31,38)(H,35,36)(H2,30,32,37)/t18-,19-,20-,23+/m0/s1. The van der Waals surface area contributed by atoms with Crippen molar-refractivity contribution in [1.82, 2.24) is 26.6 Å². The lowest BCUT2D eigenvalue weighted by atomic mass is 10.0. The fraction of sp³-hybridized carbons (Fsp3) is 0.815. The highest BCUT2D eigenvalue weighted by molar-refractivity contribution is 8.00. The highest BCUT2D eigenvalue weighted by Gasteiger charge is 2.42. The van der Waals surface area contributed by atoms with Crippen LogP contribution in [0.5, 0.6) is 0 Å². The third-order valence-electron chi connectivity index (χ3n) is 6.71. The number of nitrogens with one attached hydrogen (secondary N) is 5. The Hall–Kier alpha value is -2.70. The Bertz CT molecular complexity index is 867. The van der Waals surface area contributed by atoms with E-state index >= 15 is 0 Å². The van der Waals surface area contributed by atoms with E-state index in [1.165, 1.54) is 0 Å². The van der Waals surface area contributed by atoms with E-state index in [1.54, 1.807) is 20.8 Å². The molecule has 6 N–H and O–H groups in total. The van der Waals surface area contributed by atoms with Crippen molar-refractivity contribution in [2.45, 2.75) is 120 Å². The maximum atomic E-state index is 12.1. The number of amides is 5. The van der Waals surface area contributed by atoms with Crippen LogP contribution in [0, 0.1) is 0 Å². The molecule has 40 heavy (non-hydrogen) atoms. The highest BCUT2D eigenvalue weighted by atomic mass is 32.2. The molecule has 4 atom stereocenters. The minimum absolute atomic E-state index is 0.0506. The van der Waals surface area contributed by atoms with Gasteiger partial charge in [0.25, 0.3) is 0 Å². The fourth-order valence-corrected chi connectivity index (χ4v) is 6.22. The van der Waals surface area contributed by atoms with Gasteiger partial charge in [-0.3, -0.25) is 9.59 Å². The second-order valence-electron chi connectivity index (χ2n) is 11.4. The number of alkyl carbamates (subject to hydrolysis) is 1. The van der Waals surface area contributed by atoms with Crippen LogP contribution in [-0.2, 0) is 19.1 Å². The number of carboxylic acid groups (broad SMARTS) is 1. The van der Waals surface area contributed by atoms with Gasteiger partial charge in [-0.2, -0.15) is 11.8 Å². The molecule has 228 valence electrons. The summed E-state index contributed by atoms with van der Waals surface area (Å²) in [5, 5.41) is 23.8. The number of fused-ring (bicyclic) bond motifs is 1. The molecule has 0 unspecified atom stereocenters. The second-order valence-corrected chi connectivity index (χ2v) is 12.7. The quantitative estimate of drug-likeness (QED) is 0.105. The van der Waals surface area contributed by atoms with Gasteiger partial charge in [0.2, 0.25) is 11.8 Å². The molecule has 2 fully saturated rings. The smallest absolute Gasteiger partial charge is 0.408 e. The molecule has 0 radical (unpaired) electrons. The summed E-state index contributed by atoms with van der Waals surface area (Å²) in [7, 11) is 0. The zero-order valence-corrected chi connectivity index (χ0v) is 24.8. The lowest BCUT2D eigenvalue weighted by Crippen LogP contribution is -2.43. The van der Waals surface area contributed by atoms with Gasteiger partial charge in [-0.1, -0.05) is 12.8 Å². The van der Waals surface area contributed by atoms with Crippen molar-refractivity contribution in [2.24, 2.45) is 0 Å². The van der Waals surface area contributed by atoms with Crippen molar-refractivity contribution in [2.75, 3.05) is 18.8 Å². The van der Waals surface area contributed by atoms with E-state index in [9.17, 15) is 29.1 Å². The van der Waals surface area contributed by atoms with Crippen LogP contribution >= 0.6 is 11.8 Å². The van der Waals surface area contributed by atoms with E-state index in [-0.39, 0.29) is 36.3 Å². The average Bonchev–Trinajstić information content (AvgIpc) is 3.40. The molecule has 0 saturated carbocycles. The normalized spacial score (nSPS) is 20.6. The largest absolute Gasteiger partial charge is 0.480 e. The highest BCUT2D eigenvalue weighted by Crippen LogP contribution is 2.33. The minimum atomic E-state index is -1.12. The molecule has 2 rings (SSSR count). The summed E-state index contributed by atoms with van der Waals surface area (Å²) < 4.78 is 5.10. The number of hydrogen-bond donors (Lipinski definition) is 6. The summed E-state index contributed by atoms with van der Waals surface area (Å²) in [6.07, 6.45) is 6.70. The number of rotatable bonds is 18. The minimum Gasteiger partial charge on any atom is -0.480 e. The first-order valence-corrected chi connectivity index (χ1v) is 15.4. The van der Waals surface area contributed by atoms with Crippen LogP contribution in [0.3, 0.4) is 0 Å². The zero-order valence-electron chi connectivity index (χ0n) is 24.0. The molecule has 13 heteroatoms. The van der Waals surface area contributed by atoms with Crippen LogP contribution < -0.4 is 26.6 Å². The molecular formula is C27H47N5O7S. The van der Waals surface area contributed by atoms with Gasteiger partial charge in [-0.15, -0.1) is 0 Å². The number of carbonyl (C=O) groups excluding carboxylic acids is 4. The van der Waals surface area contributed by atoms with Gasteiger partial charge in [0, 0.05) is 36.9 Å².